The van der Waals surface area contributed by atoms with Gasteiger partial charge in [-0.2, -0.15) is 0 Å². The van der Waals surface area contributed by atoms with Crippen LogP contribution >= 0.6 is 0 Å². The lowest BCUT2D eigenvalue weighted by molar-refractivity contribution is -0.118. The van der Waals surface area contributed by atoms with E-state index in [1.807, 2.05) is 18.2 Å². The molecule has 1 aliphatic rings. The Morgan fingerprint density at radius 3 is 1.92 bits per heavy atom. The number of carbonyl (C=O) groups is 1. The number of hydrogen-bond acceptors (Lipinski definition) is 2. The van der Waals surface area contributed by atoms with Gasteiger partial charge in [0.25, 0.3) is 0 Å². The molecule has 0 atom stereocenters. The minimum Gasteiger partial charge on any atom is -0.300 e. The molecule has 1 fully saturated rings. The van der Waals surface area contributed by atoms with Gasteiger partial charge in [-0.15, -0.1) is 0 Å². The smallest absolute Gasteiger partial charge is 0.132 e. The van der Waals surface area contributed by atoms with Gasteiger partial charge in [0.15, 0.2) is 0 Å². The highest BCUT2D eigenvalue weighted by molar-refractivity contribution is 5.80. The maximum absolute atomic E-state index is 10.2. The van der Waals surface area contributed by atoms with E-state index in [9.17, 15) is 4.79 Å². The molecule has 1 saturated carbocycles. The summed E-state index contributed by atoms with van der Waals surface area (Å²) in [5.74, 6) is 0.833. The zero-order valence-electron chi connectivity index (χ0n) is 7.23. The minimum atomic E-state index is 0.370. The Hall–Kier alpha value is -1.18. The number of Topliss-reactive ketones (excluding diaryl/α,β-unsaturated/α-hetero) is 1. The number of pyridine rings is 1. The molecule has 0 spiro atoms. The average Bonchev–Trinajstić information content (AvgIpc) is 2.90. The molecular weight excluding hydrogens is 150 g/mol. The highest BCUT2D eigenvalue weighted by atomic mass is 16.1. The first-order valence-electron chi connectivity index (χ1n) is 4.16. The quantitative estimate of drug-likeness (QED) is 0.634. The van der Waals surface area contributed by atoms with Gasteiger partial charge in [-0.1, -0.05) is 6.07 Å². The van der Waals surface area contributed by atoms with Gasteiger partial charge in [0.1, 0.15) is 5.78 Å². The molecule has 0 N–H and O–H groups in total. The van der Waals surface area contributed by atoms with E-state index in [1.165, 1.54) is 0 Å². The fourth-order valence-electron chi connectivity index (χ4n) is 0.802. The van der Waals surface area contributed by atoms with Crippen molar-refractivity contribution in [1.82, 2.24) is 4.98 Å². The van der Waals surface area contributed by atoms with Crippen LogP contribution in [0.4, 0.5) is 0 Å². The standard InChI is InChI=1S/C5H5N.C5H8O/c1-2-4-6-5-3-1;1-4(6)5-2-3-5/h1-5H;5H,2-3H2,1H3. The van der Waals surface area contributed by atoms with Gasteiger partial charge in [-0.25, -0.2) is 0 Å². The number of carbonyl (C=O) groups excluding carboxylic acids is 1. The lowest BCUT2D eigenvalue weighted by atomic mass is 10.3. The van der Waals surface area contributed by atoms with Gasteiger partial charge >= 0.3 is 0 Å². The first-order valence-corrected chi connectivity index (χ1v) is 4.16. The van der Waals surface area contributed by atoms with E-state index in [-0.39, 0.29) is 0 Å². The summed E-state index contributed by atoms with van der Waals surface area (Å²) < 4.78 is 0. The predicted octanol–water partition coefficient (Wildman–Crippen LogP) is 2.07. The van der Waals surface area contributed by atoms with Gasteiger partial charge in [0, 0.05) is 18.3 Å². The van der Waals surface area contributed by atoms with Crippen LogP contribution in [0.1, 0.15) is 19.8 Å². The Morgan fingerprint density at radius 2 is 1.83 bits per heavy atom. The van der Waals surface area contributed by atoms with E-state index in [2.05, 4.69) is 4.98 Å². The monoisotopic (exact) mass is 163 g/mol. The third kappa shape index (κ3) is 3.86. The molecule has 64 valence electrons. The van der Waals surface area contributed by atoms with Gasteiger partial charge in [-0.05, 0) is 31.9 Å². The molecule has 1 aromatic rings. The van der Waals surface area contributed by atoms with Gasteiger partial charge in [0.2, 0.25) is 0 Å². The number of nitrogens with zero attached hydrogens (tertiary/aromatic N) is 1. The molecule has 0 bridgehead atoms. The second-order valence-electron chi connectivity index (χ2n) is 2.91. The third-order valence-electron chi connectivity index (χ3n) is 1.72. The van der Waals surface area contributed by atoms with Crippen LogP contribution in [0.15, 0.2) is 30.6 Å². The summed E-state index contributed by atoms with van der Waals surface area (Å²) >= 11 is 0. The van der Waals surface area contributed by atoms with Gasteiger partial charge in [0.05, 0.1) is 0 Å². The van der Waals surface area contributed by atoms with Crippen molar-refractivity contribution in [1.29, 1.82) is 0 Å². The SMILES string of the molecule is CC(=O)C1CC1.c1ccncc1. The van der Waals surface area contributed by atoms with Crippen LogP contribution in [-0.2, 0) is 4.79 Å². The molecule has 0 aliphatic heterocycles. The highest BCUT2D eigenvalue weighted by Gasteiger charge is 2.25. The van der Waals surface area contributed by atoms with Crippen molar-refractivity contribution >= 4 is 5.78 Å². The van der Waals surface area contributed by atoms with Crippen molar-refractivity contribution in [2.45, 2.75) is 19.8 Å². The second-order valence-corrected chi connectivity index (χ2v) is 2.91. The van der Waals surface area contributed by atoms with Crippen molar-refractivity contribution in [3.05, 3.63) is 30.6 Å². The van der Waals surface area contributed by atoms with Crippen molar-refractivity contribution in [2.24, 2.45) is 5.92 Å². The number of ketones is 1. The summed E-state index contributed by atoms with van der Waals surface area (Å²) in [5, 5.41) is 0. The molecule has 0 radical (unpaired) electrons. The van der Waals surface area contributed by atoms with Crippen molar-refractivity contribution in [3.63, 3.8) is 0 Å². The number of aromatic nitrogens is 1. The Bertz CT molecular complexity index is 202. The Labute approximate surface area is 72.6 Å². The lowest BCUT2D eigenvalue weighted by Gasteiger charge is -1.75. The largest absolute Gasteiger partial charge is 0.300 e. The highest BCUT2D eigenvalue weighted by Crippen LogP contribution is 2.29. The van der Waals surface area contributed by atoms with E-state index < -0.39 is 0 Å². The molecular formula is C10H13NO. The predicted molar refractivity (Wildman–Crippen MR) is 47.6 cm³/mol. The van der Waals surface area contributed by atoms with Crippen LogP contribution in [0.3, 0.4) is 0 Å². The van der Waals surface area contributed by atoms with Gasteiger partial charge in [-0.3, -0.25) is 9.78 Å². The molecule has 1 aromatic heterocycles. The van der Waals surface area contributed by atoms with Crippen LogP contribution in [0.2, 0.25) is 0 Å². The molecule has 1 aliphatic carbocycles. The zero-order chi connectivity index (χ0) is 8.81. The summed E-state index contributed by atoms with van der Waals surface area (Å²) in [4.78, 5) is 14.0. The fourth-order valence-corrected chi connectivity index (χ4v) is 0.802. The molecule has 12 heavy (non-hydrogen) atoms. The zero-order valence-corrected chi connectivity index (χ0v) is 7.23. The Balaban J connectivity index is 0.000000120. The topological polar surface area (TPSA) is 30.0 Å². The minimum absolute atomic E-state index is 0.370. The normalized spacial score (nSPS) is 14.4. The van der Waals surface area contributed by atoms with E-state index in [0.717, 1.165) is 12.8 Å². The Morgan fingerprint density at radius 1 is 1.25 bits per heavy atom. The number of rotatable bonds is 1. The van der Waals surface area contributed by atoms with Crippen LogP contribution in [0, 0.1) is 5.92 Å². The summed E-state index contributed by atoms with van der Waals surface area (Å²) in [7, 11) is 0. The maximum Gasteiger partial charge on any atom is 0.132 e. The van der Waals surface area contributed by atoms with Crippen LogP contribution in [0.5, 0.6) is 0 Å². The van der Waals surface area contributed by atoms with E-state index in [0.29, 0.717) is 11.7 Å². The summed E-state index contributed by atoms with van der Waals surface area (Å²) in [6.45, 7) is 1.66. The second kappa shape index (κ2) is 4.65. The number of hydrogen-bond donors (Lipinski definition) is 0. The van der Waals surface area contributed by atoms with Crippen LogP contribution < -0.4 is 0 Å². The molecule has 1 heterocycles. The maximum atomic E-state index is 10.2. The summed E-state index contributed by atoms with van der Waals surface area (Å²) in [5.41, 5.74) is 0. The molecule has 2 rings (SSSR count). The molecule has 2 heteroatoms. The molecule has 0 saturated heterocycles. The molecule has 0 amide bonds. The van der Waals surface area contributed by atoms with Crippen molar-refractivity contribution in [3.8, 4) is 0 Å². The van der Waals surface area contributed by atoms with E-state index in [4.69, 9.17) is 0 Å². The van der Waals surface area contributed by atoms with Gasteiger partial charge < -0.3 is 0 Å². The molecule has 0 aromatic carbocycles. The average molecular weight is 163 g/mol. The molecule has 2 nitrogen and oxygen atoms in total. The van der Waals surface area contributed by atoms with E-state index in [1.54, 1.807) is 19.3 Å². The van der Waals surface area contributed by atoms with Crippen LogP contribution in [-0.4, -0.2) is 10.8 Å². The Kier molecular flexibility index (Phi) is 3.45. The lowest BCUT2D eigenvalue weighted by Crippen LogP contribution is -1.88. The fraction of sp³-hybridized carbons (Fsp3) is 0.400. The van der Waals surface area contributed by atoms with Crippen molar-refractivity contribution in [2.75, 3.05) is 0 Å². The van der Waals surface area contributed by atoms with Crippen LogP contribution in [0.25, 0.3) is 0 Å². The van der Waals surface area contributed by atoms with Crippen molar-refractivity contribution < 1.29 is 4.79 Å². The first kappa shape index (κ1) is 8.91. The summed E-state index contributed by atoms with van der Waals surface area (Å²) in [6, 6.07) is 5.72. The third-order valence-corrected chi connectivity index (χ3v) is 1.72. The first-order chi connectivity index (χ1) is 5.80. The summed E-state index contributed by atoms with van der Waals surface area (Å²) in [6.07, 6.45) is 5.80. The van der Waals surface area contributed by atoms with E-state index >= 15 is 0 Å². The molecule has 0 unspecified atom stereocenters.